The molecule has 2 atom stereocenters. The molecule has 0 aliphatic heterocycles. The molecule has 0 saturated carbocycles. The number of carboxylic acids is 2. The van der Waals surface area contributed by atoms with E-state index in [1.54, 1.807) is 0 Å². The van der Waals surface area contributed by atoms with Crippen LogP contribution in [0.5, 0.6) is 0 Å². The van der Waals surface area contributed by atoms with E-state index in [4.69, 9.17) is 10.2 Å². The smallest absolute Gasteiger partial charge is 0.307 e. The van der Waals surface area contributed by atoms with Crippen LogP contribution in [0.1, 0.15) is 11.1 Å². The number of benzene rings is 1. The fraction of sp³-hybridized carbons (Fsp3) is 0.333. The minimum absolute atomic E-state index is 0.308. The first-order valence-electron chi connectivity index (χ1n) is 5.12. The molecule has 0 fully saturated rings. The van der Waals surface area contributed by atoms with Crippen molar-refractivity contribution < 1.29 is 19.8 Å². The van der Waals surface area contributed by atoms with Gasteiger partial charge in [-0.2, -0.15) is 0 Å². The van der Waals surface area contributed by atoms with E-state index in [0.29, 0.717) is 12.8 Å². The highest BCUT2D eigenvalue weighted by atomic mass is 16.4. The lowest BCUT2D eigenvalue weighted by Crippen LogP contribution is -2.36. The van der Waals surface area contributed by atoms with Gasteiger partial charge in [-0.25, -0.2) is 0 Å². The summed E-state index contributed by atoms with van der Waals surface area (Å²) in [4.78, 5) is 22.0. The first-order valence-corrected chi connectivity index (χ1v) is 5.12. The molecule has 1 aromatic carbocycles. The molecule has 1 aromatic rings. The van der Waals surface area contributed by atoms with Gasteiger partial charge in [-0.1, -0.05) is 24.3 Å². The van der Waals surface area contributed by atoms with Crippen molar-refractivity contribution >= 4 is 11.9 Å². The lowest BCUT2D eigenvalue weighted by molar-refractivity contribution is -0.154. The van der Waals surface area contributed by atoms with Gasteiger partial charge in [0.1, 0.15) is 0 Å². The van der Waals surface area contributed by atoms with Crippen LogP contribution >= 0.6 is 0 Å². The molecule has 0 radical (unpaired) electrons. The second kappa shape index (κ2) is 3.96. The maximum atomic E-state index is 11.0. The zero-order valence-corrected chi connectivity index (χ0v) is 8.59. The largest absolute Gasteiger partial charge is 0.481 e. The second-order valence-corrected chi connectivity index (χ2v) is 4.07. The molecule has 0 unspecified atom stereocenters. The summed E-state index contributed by atoms with van der Waals surface area (Å²) in [6.07, 6.45) is 0.616. The highest BCUT2D eigenvalue weighted by Gasteiger charge is 2.37. The summed E-state index contributed by atoms with van der Waals surface area (Å²) in [7, 11) is 0. The van der Waals surface area contributed by atoms with E-state index >= 15 is 0 Å². The Bertz CT molecular complexity index is 397. The van der Waals surface area contributed by atoms with Crippen LogP contribution in [0.4, 0.5) is 0 Å². The van der Waals surface area contributed by atoms with Gasteiger partial charge in [-0.05, 0) is 24.0 Å². The van der Waals surface area contributed by atoms with Crippen LogP contribution in [0.25, 0.3) is 0 Å². The predicted molar refractivity (Wildman–Crippen MR) is 56.1 cm³/mol. The first kappa shape index (κ1) is 10.7. The Labute approximate surface area is 92.5 Å². The van der Waals surface area contributed by atoms with Crippen molar-refractivity contribution in [1.29, 1.82) is 0 Å². The number of aliphatic carboxylic acids is 2. The van der Waals surface area contributed by atoms with Gasteiger partial charge in [0.2, 0.25) is 0 Å². The predicted octanol–water partition coefficient (Wildman–Crippen LogP) is 1.19. The zero-order valence-electron chi connectivity index (χ0n) is 8.59. The second-order valence-electron chi connectivity index (χ2n) is 4.07. The fourth-order valence-electron chi connectivity index (χ4n) is 2.23. The van der Waals surface area contributed by atoms with Crippen molar-refractivity contribution in [2.45, 2.75) is 12.8 Å². The lowest BCUT2D eigenvalue weighted by Gasteiger charge is -2.27. The Balaban J connectivity index is 2.37. The molecule has 0 bridgehead atoms. The van der Waals surface area contributed by atoms with Gasteiger partial charge in [-0.3, -0.25) is 9.59 Å². The van der Waals surface area contributed by atoms with Crippen LogP contribution in [0.3, 0.4) is 0 Å². The molecular weight excluding hydrogens is 208 g/mol. The summed E-state index contributed by atoms with van der Waals surface area (Å²) in [5, 5.41) is 18.0. The van der Waals surface area contributed by atoms with Gasteiger partial charge in [0, 0.05) is 0 Å². The van der Waals surface area contributed by atoms with Gasteiger partial charge in [0.05, 0.1) is 11.8 Å². The average Bonchev–Trinajstić information content (AvgIpc) is 2.27. The molecule has 1 aliphatic rings. The first-order chi connectivity index (χ1) is 7.59. The highest BCUT2D eigenvalue weighted by molar-refractivity contribution is 5.81. The van der Waals surface area contributed by atoms with Gasteiger partial charge in [-0.15, -0.1) is 0 Å². The van der Waals surface area contributed by atoms with E-state index in [1.165, 1.54) is 0 Å². The minimum atomic E-state index is -1.03. The third kappa shape index (κ3) is 1.78. The molecule has 2 rings (SSSR count). The van der Waals surface area contributed by atoms with Crippen molar-refractivity contribution in [1.82, 2.24) is 0 Å². The van der Waals surface area contributed by atoms with Crippen LogP contribution in [0.15, 0.2) is 24.3 Å². The summed E-state index contributed by atoms with van der Waals surface area (Å²) >= 11 is 0. The summed E-state index contributed by atoms with van der Waals surface area (Å²) in [6.45, 7) is 0. The Hall–Kier alpha value is -1.84. The van der Waals surface area contributed by atoms with Gasteiger partial charge >= 0.3 is 11.9 Å². The van der Waals surface area contributed by atoms with Gasteiger partial charge < -0.3 is 10.2 Å². The lowest BCUT2D eigenvalue weighted by atomic mass is 9.76. The van der Waals surface area contributed by atoms with E-state index in [-0.39, 0.29) is 0 Å². The van der Waals surface area contributed by atoms with E-state index in [9.17, 15) is 9.59 Å². The summed E-state index contributed by atoms with van der Waals surface area (Å²) in [6, 6.07) is 7.42. The molecule has 4 nitrogen and oxygen atoms in total. The monoisotopic (exact) mass is 220 g/mol. The molecule has 0 spiro atoms. The molecule has 4 heteroatoms. The quantitative estimate of drug-likeness (QED) is 0.785. The molecule has 84 valence electrons. The third-order valence-electron chi connectivity index (χ3n) is 3.12. The highest BCUT2D eigenvalue weighted by Crippen LogP contribution is 2.30. The number of rotatable bonds is 2. The maximum Gasteiger partial charge on any atom is 0.307 e. The summed E-state index contributed by atoms with van der Waals surface area (Å²) in [5.41, 5.74) is 1.90. The molecule has 0 amide bonds. The topological polar surface area (TPSA) is 74.6 Å². The number of carbonyl (C=O) groups is 2. The number of fused-ring (bicyclic) bond motifs is 1. The van der Waals surface area contributed by atoms with Crippen LogP contribution in [0.2, 0.25) is 0 Å². The average molecular weight is 220 g/mol. The van der Waals surface area contributed by atoms with E-state index in [2.05, 4.69) is 0 Å². The third-order valence-corrected chi connectivity index (χ3v) is 3.12. The van der Waals surface area contributed by atoms with Crippen LogP contribution in [0, 0.1) is 11.8 Å². The minimum Gasteiger partial charge on any atom is -0.481 e. The van der Waals surface area contributed by atoms with Crippen molar-refractivity contribution in [3.8, 4) is 0 Å². The van der Waals surface area contributed by atoms with E-state index in [1.807, 2.05) is 24.3 Å². The maximum absolute atomic E-state index is 11.0. The normalized spacial score (nSPS) is 23.5. The fourth-order valence-corrected chi connectivity index (χ4v) is 2.23. The molecule has 2 N–H and O–H groups in total. The van der Waals surface area contributed by atoms with Crippen LogP contribution in [-0.4, -0.2) is 22.2 Å². The van der Waals surface area contributed by atoms with E-state index < -0.39 is 23.8 Å². The molecule has 0 aromatic heterocycles. The zero-order chi connectivity index (χ0) is 11.7. The number of hydrogen-bond acceptors (Lipinski definition) is 2. The Morgan fingerprint density at radius 3 is 1.62 bits per heavy atom. The van der Waals surface area contributed by atoms with Crippen LogP contribution < -0.4 is 0 Å². The number of hydrogen-bond donors (Lipinski definition) is 2. The Morgan fingerprint density at radius 1 is 0.938 bits per heavy atom. The van der Waals surface area contributed by atoms with Crippen molar-refractivity contribution in [2.24, 2.45) is 11.8 Å². The van der Waals surface area contributed by atoms with E-state index in [0.717, 1.165) is 11.1 Å². The van der Waals surface area contributed by atoms with Crippen molar-refractivity contribution in [3.05, 3.63) is 35.4 Å². The van der Waals surface area contributed by atoms with Crippen LogP contribution in [-0.2, 0) is 22.4 Å². The molecule has 1 aliphatic carbocycles. The van der Waals surface area contributed by atoms with Crippen molar-refractivity contribution in [2.75, 3.05) is 0 Å². The number of carboxylic acid groups (broad SMARTS) is 2. The van der Waals surface area contributed by atoms with Gasteiger partial charge in [0.25, 0.3) is 0 Å². The Morgan fingerprint density at radius 2 is 1.31 bits per heavy atom. The SMILES string of the molecule is O=C(O)[C@@H]1Cc2ccccc2C[C@H]1C(=O)O. The summed E-state index contributed by atoms with van der Waals surface area (Å²) in [5.74, 6) is -3.68. The standard InChI is InChI=1S/C12H12O4/c13-11(14)9-5-7-3-1-2-4-8(7)6-10(9)12(15)16/h1-4,9-10H,5-6H2,(H,13,14)(H,15,16)/t9-,10-/m1/s1. The molecule has 0 saturated heterocycles. The van der Waals surface area contributed by atoms with Crippen molar-refractivity contribution in [3.63, 3.8) is 0 Å². The molecular formula is C12H12O4. The molecule has 0 heterocycles. The molecule has 16 heavy (non-hydrogen) atoms. The Kier molecular flexibility index (Phi) is 2.64. The van der Waals surface area contributed by atoms with Gasteiger partial charge in [0.15, 0.2) is 0 Å². The summed E-state index contributed by atoms with van der Waals surface area (Å²) < 4.78 is 0.